The molecule has 1 atom stereocenters. The Bertz CT molecular complexity index is 538. The van der Waals surface area contributed by atoms with Gasteiger partial charge in [-0.25, -0.2) is 0 Å². The molecule has 1 aliphatic rings. The Balaban J connectivity index is 1.81. The molecule has 2 heterocycles. The lowest BCUT2D eigenvalue weighted by Gasteiger charge is -2.25. The summed E-state index contributed by atoms with van der Waals surface area (Å²) < 4.78 is 7.76. The molecular weight excluding hydrogens is 248 g/mol. The summed E-state index contributed by atoms with van der Waals surface area (Å²) in [4.78, 5) is 0. The highest BCUT2D eigenvalue weighted by atomic mass is 35.5. The second kappa shape index (κ2) is 5.12. The van der Waals surface area contributed by atoms with Crippen molar-refractivity contribution in [1.82, 2.24) is 9.78 Å². The minimum atomic E-state index is 0.0954. The number of rotatable bonds is 3. The Kier molecular flexibility index (Phi) is 3.35. The zero-order valence-corrected chi connectivity index (χ0v) is 10.8. The van der Waals surface area contributed by atoms with Gasteiger partial charge in [0.2, 0.25) is 0 Å². The highest BCUT2D eigenvalue weighted by Crippen LogP contribution is 2.28. The van der Waals surface area contributed by atoms with Crippen LogP contribution in [-0.2, 0) is 23.6 Å². The van der Waals surface area contributed by atoms with Gasteiger partial charge in [-0.15, -0.1) is 11.6 Å². The SMILES string of the molecule is ClCc1cnn(CC2OCCc3ccccc32)c1. The van der Waals surface area contributed by atoms with E-state index in [-0.39, 0.29) is 6.10 Å². The van der Waals surface area contributed by atoms with Crippen molar-refractivity contribution in [3.63, 3.8) is 0 Å². The minimum Gasteiger partial charge on any atom is -0.371 e. The van der Waals surface area contributed by atoms with Gasteiger partial charge in [-0.1, -0.05) is 24.3 Å². The van der Waals surface area contributed by atoms with E-state index in [1.165, 1.54) is 11.1 Å². The van der Waals surface area contributed by atoms with Crippen LogP contribution in [0.15, 0.2) is 36.7 Å². The standard InChI is InChI=1S/C14H15ClN2O/c15-7-11-8-16-17(9-11)10-14-13-4-2-1-3-12(13)5-6-18-14/h1-4,8-9,14H,5-7,10H2. The predicted molar refractivity (Wildman–Crippen MR) is 70.6 cm³/mol. The number of nitrogens with zero attached hydrogens (tertiary/aromatic N) is 2. The second-order valence-corrected chi connectivity index (χ2v) is 4.78. The number of halogens is 1. The number of alkyl halides is 1. The molecule has 0 saturated heterocycles. The molecular formula is C14H15ClN2O. The van der Waals surface area contributed by atoms with Gasteiger partial charge < -0.3 is 4.74 Å². The molecule has 2 aromatic rings. The van der Waals surface area contributed by atoms with Crippen LogP contribution in [-0.4, -0.2) is 16.4 Å². The summed E-state index contributed by atoms with van der Waals surface area (Å²) in [5.41, 5.74) is 3.71. The molecule has 1 unspecified atom stereocenters. The van der Waals surface area contributed by atoms with E-state index in [0.29, 0.717) is 5.88 Å². The number of benzene rings is 1. The number of hydrogen-bond donors (Lipinski definition) is 0. The zero-order valence-electron chi connectivity index (χ0n) is 10.1. The molecule has 94 valence electrons. The Hall–Kier alpha value is -1.32. The fourth-order valence-corrected chi connectivity index (χ4v) is 2.51. The maximum Gasteiger partial charge on any atom is 0.102 e. The number of fused-ring (bicyclic) bond motifs is 1. The van der Waals surface area contributed by atoms with Crippen LogP contribution in [0.25, 0.3) is 0 Å². The minimum absolute atomic E-state index is 0.0954. The highest BCUT2D eigenvalue weighted by molar-refractivity contribution is 6.17. The zero-order chi connectivity index (χ0) is 12.4. The summed E-state index contributed by atoms with van der Waals surface area (Å²) in [5.74, 6) is 0.502. The molecule has 0 fully saturated rings. The van der Waals surface area contributed by atoms with Crippen molar-refractivity contribution in [2.75, 3.05) is 6.61 Å². The molecule has 0 N–H and O–H groups in total. The summed E-state index contributed by atoms with van der Waals surface area (Å²) in [5, 5.41) is 4.31. The monoisotopic (exact) mass is 262 g/mol. The molecule has 1 aliphatic heterocycles. The summed E-state index contributed by atoms with van der Waals surface area (Å²) in [7, 11) is 0. The molecule has 4 heteroatoms. The molecule has 1 aromatic heterocycles. The first-order valence-electron chi connectivity index (χ1n) is 6.13. The van der Waals surface area contributed by atoms with Crippen LogP contribution in [0.4, 0.5) is 0 Å². The van der Waals surface area contributed by atoms with E-state index in [9.17, 15) is 0 Å². The Morgan fingerprint density at radius 2 is 2.28 bits per heavy atom. The summed E-state index contributed by atoms with van der Waals surface area (Å²) in [6.07, 6.45) is 4.88. The van der Waals surface area contributed by atoms with Gasteiger partial charge in [0.1, 0.15) is 6.10 Å². The molecule has 1 aromatic carbocycles. The van der Waals surface area contributed by atoms with Crippen molar-refractivity contribution in [3.8, 4) is 0 Å². The number of aromatic nitrogens is 2. The molecule has 3 rings (SSSR count). The van der Waals surface area contributed by atoms with E-state index in [1.807, 2.05) is 17.1 Å². The van der Waals surface area contributed by atoms with Crippen molar-refractivity contribution >= 4 is 11.6 Å². The van der Waals surface area contributed by atoms with E-state index in [1.54, 1.807) is 0 Å². The molecule has 3 nitrogen and oxygen atoms in total. The third-order valence-electron chi connectivity index (χ3n) is 3.29. The number of ether oxygens (including phenoxy) is 1. The van der Waals surface area contributed by atoms with Crippen molar-refractivity contribution in [2.45, 2.75) is 24.9 Å². The molecule has 18 heavy (non-hydrogen) atoms. The lowest BCUT2D eigenvalue weighted by molar-refractivity contribution is 0.0283. The van der Waals surface area contributed by atoms with Gasteiger partial charge in [-0.05, 0) is 17.5 Å². The fraction of sp³-hybridized carbons (Fsp3) is 0.357. The molecule has 0 radical (unpaired) electrons. The molecule has 0 amide bonds. The van der Waals surface area contributed by atoms with Crippen LogP contribution >= 0.6 is 11.6 Å². The van der Waals surface area contributed by atoms with Crippen LogP contribution in [0.5, 0.6) is 0 Å². The van der Waals surface area contributed by atoms with E-state index in [4.69, 9.17) is 16.3 Å². The van der Waals surface area contributed by atoms with Crippen LogP contribution in [0.3, 0.4) is 0 Å². The van der Waals surface area contributed by atoms with Crippen LogP contribution in [0.1, 0.15) is 22.8 Å². The summed E-state index contributed by atoms with van der Waals surface area (Å²) in [6.45, 7) is 1.53. The van der Waals surface area contributed by atoms with Gasteiger partial charge in [-0.2, -0.15) is 5.10 Å². The first-order valence-corrected chi connectivity index (χ1v) is 6.67. The lowest BCUT2D eigenvalue weighted by atomic mass is 9.98. The molecule has 0 bridgehead atoms. The Morgan fingerprint density at radius 3 is 3.11 bits per heavy atom. The van der Waals surface area contributed by atoms with E-state index in [2.05, 4.69) is 29.4 Å². The maximum absolute atomic E-state index is 5.86. The maximum atomic E-state index is 5.86. The molecule has 0 saturated carbocycles. The highest BCUT2D eigenvalue weighted by Gasteiger charge is 2.20. The van der Waals surface area contributed by atoms with Crippen LogP contribution < -0.4 is 0 Å². The average Bonchev–Trinajstić information content (AvgIpc) is 2.87. The number of hydrogen-bond acceptors (Lipinski definition) is 2. The first-order chi connectivity index (χ1) is 8.86. The lowest BCUT2D eigenvalue weighted by Crippen LogP contribution is -2.20. The van der Waals surface area contributed by atoms with Gasteiger partial charge >= 0.3 is 0 Å². The Morgan fingerprint density at radius 1 is 1.39 bits per heavy atom. The van der Waals surface area contributed by atoms with Crippen molar-refractivity contribution in [3.05, 3.63) is 53.3 Å². The van der Waals surface area contributed by atoms with Gasteiger partial charge in [0.25, 0.3) is 0 Å². The Labute approximate surface area is 111 Å². The smallest absolute Gasteiger partial charge is 0.102 e. The van der Waals surface area contributed by atoms with Gasteiger partial charge in [0.15, 0.2) is 0 Å². The van der Waals surface area contributed by atoms with Crippen molar-refractivity contribution in [1.29, 1.82) is 0 Å². The largest absolute Gasteiger partial charge is 0.371 e. The van der Waals surface area contributed by atoms with Gasteiger partial charge in [0.05, 0.1) is 25.2 Å². The predicted octanol–water partition coefficient (Wildman–Crippen LogP) is 2.94. The van der Waals surface area contributed by atoms with Crippen LogP contribution in [0.2, 0.25) is 0 Å². The van der Waals surface area contributed by atoms with Crippen LogP contribution in [0, 0.1) is 0 Å². The fourth-order valence-electron chi connectivity index (χ4n) is 2.37. The second-order valence-electron chi connectivity index (χ2n) is 4.51. The van der Waals surface area contributed by atoms with E-state index in [0.717, 1.165) is 25.1 Å². The third-order valence-corrected chi connectivity index (χ3v) is 3.59. The average molecular weight is 263 g/mol. The summed E-state index contributed by atoms with van der Waals surface area (Å²) >= 11 is 5.78. The third kappa shape index (κ3) is 2.28. The van der Waals surface area contributed by atoms with Crippen molar-refractivity contribution in [2.24, 2.45) is 0 Å². The van der Waals surface area contributed by atoms with Gasteiger partial charge in [-0.3, -0.25) is 4.68 Å². The topological polar surface area (TPSA) is 27.1 Å². The van der Waals surface area contributed by atoms with Crippen molar-refractivity contribution < 1.29 is 4.74 Å². The normalized spacial score (nSPS) is 18.6. The van der Waals surface area contributed by atoms with E-state index < -0.39 is 0 Å². The molecule has 0 spiro atoms. The molecule has 0 aliphatic carbocycles. The summed E-state index contributed by atoms with van der Waals surface area (Å²) in [6, 6.07) is 8.47. The first kappa shape index (κ1) is 11.8. The quantitative estimate of drug-likeness (QED) is 0.796. The van der Waals surface area contributed by atoms with E-state index >= 15 is 0 Å². The van der Waals surface area contributed by atoms with Gasteiger partial charge in [0, 0.05) is 11.8 Å².